The molecule has 1 atom stereocenters. The lowest BCUT2D eigenvalue weighted by molar-refractivity contribution is -0.137. The van der Waals surface area contributed by atoms with E-state index in [-0.39, 0.29) is 0 Å². The summed E-state index contributed by atoms with van der Waals surface area (Å²) >= 11 is 1.46. The summed E-state index contributed by atoms with van der Waals surface area (Å²) < 4.78 is 0. The Hall–Kier alpha value is -1.30. The average Bonchev–Trinajstić information content (AvgIpc) is 2.18. The van der Waals surface area contributed by atoms with Gasteiger partial charge in [-0.25, -0.2) is 4.98 Å². The van der Waals surface area contributed by atoms with Crippen molar-refractivity contribution in [3.8, 4) is 0 Å². The van der Waals surface area contributed by atoms with Crippen molar-refractivity contribution in [1.29, 1.82) is 0 Å². The van der Waals surface area contributed by atoms with Crippen molar-refractivity contribution < 1.29 is 9.90 Å². The first-order chi connectivity index (χ1) is 6.63. The smallest absolute Gasteiger partial charge is 0.325 e. The molecule has 0 aliphatic carbocycles. The number of carbonyl (C=O) groups is 1. The second-order valence-electron chi connectivity index (χ2n) is 2.65. The molecule has 0 aromatic carbocycles. The van der Waals surface area contributed by atoms with Gasteiger partial charge in [-0.15, -0.1) is 11.8 Å². The highest BCUT2D eigenvalue weighted by molar-refractivity contribution is 7.98. The molecule has 0 saturated carbocycles. The molecule has 0 radical (unpaired) electrons. The van der Waals surface area contributed by atoms with E-state index in [9.17, 15) is 4.79 Å². The molecule has 1 heterocycles. The van der Waals surface area contributed by atoms with Gasteiger partial charge in [-0.2, -0.15) is 0 Å². The molecule has 0 saturated heterocycles. The molecule has 14 heavy (non-hydrogen) atoms. The minimum absolute atomic E-state index is 0.478. The van der Waals surface area contributed by atoms with Gasteiger partial charge in [-0.1, -0.05) is 0 Å². The summed E-state index contributed by atoms with van der Waals surface area (Å²) in [7, 11) is 0. The number of carboxylic acids is 1. The maximum absolute atomic E-state index is 10.5. The lowest BCUT2D eigenvalue weighted by Crippen LogP contribution is -2.25. The average molecular weight is 213 g/mol. The van der Waals surface area contributed by atoms with E-state index in [1.54, 1.807) is 13.1 Å². The number of aromatic nitrogens is 2. The van der Waals surface area contributed by atoms with Crippen molar-refractivity contribution in [2.45, 2.75) is 18.0 Å². The van der Waals surface area contributed by atoms with Crippen molar-refractivity contribution in [2.24, 2.45) is 0 Å². The standard InChI is InChI=1S/C8H11N3O2S/c1-5(8(12)13)10-6-3-9-4-7(11-6)14-2/h3-5H,1-2H3,(H,10,11)(H,12,13)/t5-/m0/s1. The second-order valence-corrected chi connectivity index (χ2v) is 3.48. The first-order valence-corrected chi connectivity index (χ1v) is 5.21. The minimum atomic E-state index is -0.915. The molecule has 5 nitrogen and oxygen atoms in total. The third-order valence-corrected chi connectivity index (χ3v) is 2.17. The highest BCUT2D eigenvalue weighted by Gasteiger charge is 2.10. The molecule has 0 aliphatic heterocycles. The number of hydrogen-bond acceptors (Lipinski definition) is 5. The first-order valence-electron chi connectivity index (χ1n) is 3.99. The van der Waals surface area contributed by atoms with Crippen LogP contribution in [0.4, 0.5) is 5.82 Å². The van der Waals surface area contributed by atoms with Crippen LogP contribution in [0.5, 0.6) is 0 Å². The zero-order valence-corrected chi connectivity index (χ0v) is 8.71. The van der Waals surface area contributed by atoms with E-state index >= 15 is 0 Å². The summed E-state index contributed by atoms with van der Waals surface area (Å²) in [5.74, 6) is -0.437. The van der Waals surface area contributed by atoms with Gasteiger partial charge in [-0.3, -0.25) is 9.78 Å². The Bertz CT molecular complexity index is 332. The molecule has 0 amide bonds. The number of anilines is 1. The Morgan fingerprint density at radius 1 is 1.64 bits per heavy atom. The zero-order chi connectivity index (χ0) is 10.6. The summed E-state index contributed by atoms with van der Waals surface area (Å²) in [5, 5.41) is 12.1. The van der Waals surface area contributed by atoms with E-state index in [2.05, 4.69) is 15.3 Å². The largest absolute Gasteiger partial charge is 0.480 e. The summed E-state index contributed by atoms with van der Waals surface area (Å²) in [6.45, 7) is 1.55. The molecule has 1 aromatic heterocycles. The molecule has 2 N–H and O–H groups in total. The molecule has 6 heteroatoms. The minimum Gasteiger partial charge on any atom is -0.480 e. The molecule has 0 aliphatic rings. The van der Waals surface area contributed by atoms with Gasteiger partial charge in [-0.05, 0) is 13.2 Å². The van der Waals surface area contributed by atoms with Crippen molar-refractivity contribution in [1.82, 2.24) is 9.97 Å². The van der Waals surface area contributed by atoms with E-state index in [4.69, 9.17) is 5.11 Å². The van der Waals surface area contributed by atoms with Crippen molar-refractivity contribution in [3.63, 3.8) is 0 Å². The Labute approximate surface area is 86.0 Å². The molecular weight excluding hydrogens is 202 g/mol. The summed E-state index contributed by atoms with van der Waals surface area (Å²) in [6.07, 6.45) is 5.01. The Morgan fingerprint density at radius 3 is 2.93 bits per heavy atom. The van der Waals surface area contributed by atoms with Gasteiger partial charge in [0.15, 0.2) is 0 Å². The lowest BCUT2D eigenvalue weighted by Gasteiger charge is -2.09. The zero-order valence-electron chi connectivity index (χ0n) is 7.89. The van der Waals surface area contributed by atoms with Gasteiger partial charge < -0.3 is 10.4 Å². The van der Waals surface area contributed by atoms with Gasteiger partial charge in [0, 0.05) is 0 Å². The molecule has 1 rings (SSSR count). The monoisotopic (exact) mass is 213 g/mol. The van der Waals surface area contributed by atoms with Gasteiger partial charge in [0.25, 0.3) is 0 Å². The van der Waals surface area contributed by atoms with Crippen molar-refractivity contribution in [3.05, 3.63) is 12.4 Å². The topological polar surface area (TPSA) is 75.1 Å². The molecule has 1 aromatic rings. The van der Waals surface area contributed by atoms with E-state index in [1.807, 2.05) is 6.26 Å². The SMILES string of the molecule is CSc1cncc(N[C@@H](C)C(=O)O)n1. The number of aliphatic carboxylic acids is 1. The lowest BCUT2D eigenvalue weighted by atomic mass is 10.3. The van der Waals surface area contributed by atoms with Crippen molar-refractivity contribution in [2.75, 3.05) is 11.6 Å². The van der Waals surface area contributed by atoms with Gasteiger partial charge in [0.05, 0.1) is 12.4 Å². The van der Waals surface area contributed by atoms with E-state index in [0.717, 1.165) is 5.03 Å². The number of nitrogens with one attached hydrogen (secondary N) is 1. The van der Waals surface area contributed by atoms with Crippen LogP contribution in [-0.2, 0) is 4.79 Å². The molecule has 0 unspecified atom stereocenters. The fourth-order valence-electron chi connectivity index (χ4n) is 0.800. The predicted molar refractivity (Wildman–Crippen MR) is 54.5 cm³/mol. The summed E-state index contributed by atoms with van der Waals surface area (Å²) in [6, 6.07) is -0.665. The number of carboxylic acid groups (broad SMARTS) is 1. The quantitative estimate of drug-likeness (QED) is 0.729. The van der Waals surface area contributed by atoms with E-state index in [1.165, 1.54) is 18.0 Å². The van der Waals surface area contributed by atoms with E-state index in [0.29, 0.717) is 5.82 Å². The van der Waals surface area contributed by atoms with E-state index < -0.39 is 12.0 Å². The van der Waals surface area contributed by atoms with Gasteiger partial charge >= 0.3 is 5.97 Å². The maximum atomic E-state index is 10.5. The Morgan fingerprint density at radius 2 is 2.36 bits per heavy atom. The summed E-state index contributed by atoms with van der Waals surface area (Å²) in [5.41, 5.74) is 0. The first kappa shape index (κ1) is 10.8. The van der Waals surface area contributed by atoms with Crippen LogP contribution in [0.2, 0.25) is 0 Å². The van der Waals surface area contributed by atoms with Crippen LogP contribution in [-0.4, -0.2) is 33.3 Å². The van der Waals surface area contributed by atoms with Crippen LogP contribution >= 0.6 is 11.8 Å². The highest BCUT2D eigenvalue weighted by Crippen LogP contribution is 2.12. The van der Waals surface area contributed by atoms with Crippen LogP contribution < -0.4 is 5.32 Å². The normalized spacial score (nSPS) is 12.1. The highest BCUT2D eigenvalue weighted by atomic mass is 32.2. The van der Waals surface area contributed by atoms with Crippen LogP contribution in [0.3, 0.4) is 0 Å². The van der Waals surface area contributed by atoms with Crippen LogP contribution in [0, 0.1) is 0 Å². The maximum Gasteiger partial charge on any atom is 0.325 e. The number of thioether (sulfide) groups is 1. The van der Waals surface area contributed by atoms with Gasteiger partial charge in [0.2, 0.25) is 0 Å². The Balaban J connectivity index is 2.71. The van der Waals surface area contributed by atoms with Crippen LogP contribution in [0.25, 0.3) is 0 Å². The fraction of sp³-hybridized carbons (Fsp3) is 0.375. The molecule has 0 bridgehead atoms. The fourth-order valence-corrected chi connectivity index (χ4v) is 1.16. The van der Waals surface area contributed by atoms with Crippen molar-refractivity contribution >= 4 is 23.5 Å². The number of hydrogen-bond donors (Lipinski definition) is 2. The predicted octanol–water partition coefficient (Wildman–Crippen LogP) is 1.08. The molecule has 0 fully saturated rings. The number of nitrogens with zero attached hydrogens (tertiary/aromatic N) is 2. The molecule has 0 spiro atoms. The van der Waals surface area contributed by atoms with Crippen LogP contribution in [0.15, 0.2) is 17.4 Å². The molecular formula is C8H11N3O2S. The Kier molecular flexibility index (Phi) is 3.70. The third-order valence-electron chi connectivity index (χ3n) is 1.56. The summed E-state index contributed by atoms with van der Waals surface area (Å²) in [4.78, 5) is 18.6. The van der Waals surface area contributed by atoms with Gasteiger partial charge in [0.1, 0.15) is 16.9 Å². The number of rotatable bonds is 4. The van der Waals surface area contributed by atoms with Crippen LogP contribution in [0.1, 0.15) is 6.92 Å². The second kappa shape index (κ2) is 4.80. The molecule has 76 valence electrons. The third kappa shape index (κ3) is 2.88.